The van der Waals surface area contributed by atoms with Gasteiger partial charge in [-0.15, -0.1) is 0 Å². The molecule has 0 radical (unpaired) electrons. The van der Waals surface area contributed by atoms with Crippen molar-refractivity contribution >= 4 is 27.8 Å². The van der Waals surface area contributed by atoms with Crippen molar-refractivity contribution in [1.82, 2.24) is 5.32 Å². The predicted molar refractivity (Wildman–Crippen MR) is 81.1 cm³/mol. The molecule has 0 unspecified atom stereocenters. The molecule has 0 saturated carbocycles. The van der Waals surface area contributed by atoms with Crippen molar-refractivity contribution in [3.05, 3.63) is 34.3 Å². The summed E-state index contributed by atoms with van der Waals surface area (Å²) in [4.78, 5) is 23.2. The lowest BCUT2D eigenvalue weighted by molar-refractivity contribution is -0.137. The summed E-state index contributed by atoms with van der Waals surface area (Å²) < 4.78 is 6.34. The molecule has 1 aliphatic rings. The van der Waals surface area contributed by atoms with Gasteiger partial charge in [-0.2, -0.15) is 0 Å². The van der Waals surface area contributed by atoms with Crippen LogP contribution in [0.3, 0.4) is 0 Å². The molecule has 5 nitrogen and oxygen atoms in total. The average Bonchev–Trinajstić information content (AvgIpc) is 2.48. The number of nitrogens with one attached hydrogen (secondary N) is 1. The first-order valence-electron chi connectivity index (χ1n) is 6.88. The molecule has 0 spiro atoms. The molecule has 0 aliphatic carbocycles. The minimum atomic E-state index is -0.917. The van der Waals surface area contributed by atoms with Crippen LogP contribution in [0.25, 0.3) is 0 Å². The minimum Gasteiger partial charge on any atom is -0.481 e. The van der Waals surface area contributed by atoms with Gasteiger partial charge in [0.1, 0.15) is 0 Å². The average molecular weight is 356 g/mol. The highest BCUT2D eigenvalue weighted by Gasteiger charge is 2.41. The van der Waals surface area contributed by atoms with Crippen molar-refractivity contribution in [2.45, 2.75) is 24.7 Å². The highest BCUT2D eigenvalue weighted by atomic mass is 79.9. The summed E-state index contributed by atoms with van der Waals surface area (Å²) in [6.07, 6.45) is 1.14. The molecule has 0 atom stereocenters. The van der Waals surface area contributed by atoms with Crippen LogP contribution in [-0.4, -0.2) is 36.7 Å². The Balaban J connectivity index is 2.18. The van der Waals surface area contributed by atoms with Crippen molar-refractivity contribution in [2.24, 2.45) is 0 Å². The standard InChI is InChI=1S/C15H18BrNO4/c16-12-3-1-11(2-4-12)15(6-9-21-10-7-15)14(20)17-8-5-13(18)19/h1-4H,5-10H2,(H,17,20)(H,18,19). The third-order valence-corrected chi connectivity index (χ3v) is 4.33. The van der Waals surface area contributed by atoms with Gasteiger partial charge in [-0.1, -0.05) is 28.1 Å². The number of carboxylic acid groups (broad SMARTS) is 1. The van der Waals surface area contributed by atoms with E-state index in [2.05, 4.69) is 21.2 Å². The monoisotopic (exact) mass is 355 g/mol. The summed E-state index contributed by atoms with van der Waals surface area (Å²) in [6.45, 7) is 1.21. The SMILES string of the molecule is O=C(O)CCNC(=O)C1(c2ccc(Br)cc2)CCOCC1. The van der Waals surface area contributed by atoms with Gasteiger partial charge in [-0.25, -0.2) is 0 Å². The predicted octanol–water partition coefficient (Wildman–Crippen LogP) is 2.09. The van der Waals surface area contributed by atoms with Gasteiger partial charge in [-0.05, 0) is 30.5 Å². The lowest BCUT2D eigenvalue weighted by Gasteiger charge is -2.36. The van der Waals surface area contributed by atoms with E-state index in [4.69, 9.17) is 9.84 Å². The molecule has 114 valence electrons. The fourth-order valence-electron chi connectivity index (χ4n) is 2.59. The maximum atomic E-state index is 12.6. The molecule has 1 heterocycles. The summed E-state index contributed by atoms with van der Waals surface area (Å²) in [5.74, 6) is -1.03. The van der Waals surface area contributed by atoms with E-state index in [0.29, 0.717) is 26.1 Å². The molecule has 2 rings (SSSR count). The molecule has 21 heavy (non-hydrogen) atoms. The Morgan fingerprint density at radius 2 is 1.86 bits per heavy atom. The number of hydrogen-bond acceptors (Lipinski definition) is 3. The smallest absolute Gasteiger partial charge is 0.305 e. The molecule has 1 aromatic rings. The molecule has 0 bridgehead atoms. The molecule has 6 heteroatoms. The fraction of sp³-hybridized carbons (Fsp3) is 0.467. The third kappa shape index (κ3) is 3.83. The van der Waals surface area contributed by atoms with Crippen LogP contribution in [-0.2, 0) is 19.7 Å². The van der Waals surface area contributed by atoms with Crippen molar-refractivity contribution in [3.8, 4) is 0 Å². The molecule has 0 aromatic heterocycles. The first-order valence-corrected chi connectivity index (χ1v) is 7.68. The van der Waals surface area contributed by atoms with Crippen molar-refractivity contribution in [3.63, 3.8) is 0 Å². The second-order valence-electron chi connectivity index (χ2n) is 5.10. The molecular weight excluding hydrogens is 338 g/mol. The van der Waals surface area contributed by atoms with E-state index in [1.54, 1.807) is 0 Å². The molecule has 1 fully saturated rings. The Labute approximate surface area is 131 Å². The van der Waals surface area contributed by atoms with E-state index < -0.39 is 11.4 Å². The second kappa shape index (κ2) is 7.04. The van der Waals surface area contributed by atoms with E-state index >= 15 is 0 Å². The van der Waals surface area contributed by atoms with E-state index in [-0.39, 0.29) is 18.9 Å². The summed E-state index contributed by atoms with van der Waals surface area (Å²) in [6, 6.07) is 7.70. The number of ether oxygens (including phenoxy) is 1. The third-order valence-electron chi connectivity index (χ3n) is 3.80. The van der Waals surface area contributed by atoms with Gasteiger partial charge in [0.25, 0.3) is 0 Å². The molecule has 1 saturated heterocycles. The highest BCUT2D eigenvalue weighted by Crippen LogP contribution is 2.35. The Hall–Kier alpha value is -1.40. The van der Waals surface area contributed by atoms with Crippen molar-refractivity contribution in [2.75, 3.05) is 19.8 Å². The summed E-state index contributed by atoms with van der Waals surface area (Å²) in [5, 5.41) is 11.4. The lowest BCUT2D eigenvalue weighted by Crippen LogP contribution is -2.48. The number of halogens is 1. The highest BCUT2D eigenvalue weighted by molar-refractivity contribution is 9.10. The molecule has 1 aromatic carbocycles. The van der Waals surface area contributed by atoms with Gasteiger partial charge in [0, 0.05) is 24.2 Å². The van der Waals surface area contributed by atoms with Crippen LogP contribution in [0.2, 0.25) is 0 Å². The Kier molecular flexibility index (Phi) is 5.36. The first kappa shape index (κ1) is 16.0. The summed E-state index contributed by atoms with van der Waals surface area (Å²) >= 11 is 3.39. The summed E-state index contributed by atoms with van der Waals surface area (Å²) in [5.41, 5.74) is 0.319. The first-order chi connectivity index (χ1) is 10.0. The maximum absolute atomic E-state index is 12.6. The van der Waals surface area contributed by atoms with E-state index in [1.807, 2.05) is 24.3 Å². The number of carboxylic acids is 1. The number of amides is 1. The van der Waals surface area contributed by atoms with Gasteiger partial charge < -0.3 is 15.2 Å². The minimum absolute atomic E-state index is 0.0708. The summed E-state index contributed by atoms with van der Waals surface area (Å²) in [7, 11) is 0. The quantitative estimate of drug-likeness (QED) is 0.847. The van der Waals surface area contributed by atoms with Crippen LogP contribution in [0.15, 0.2) is 28.7 Å². The van der Waals surface area contributed by atoms with Gasteiger partial charge in [-0.3, -0.25) is 9.59 Å². The van der Waals surface area contributed by atoms with Gasteiger partial charge in [0.05, 0.1) is 11.8 Å². The van der Waals surface area contributed by atoms with Gasteiger partial charge in [0.15, 0.2) is 0 Å². The molecular formula is C15H18BrNO4. The number of rotatable bonds is 5. The zero-order valence-electron chi connectivity index (χ0n) is 11.6. The Morgan fingerprint density at radius 3 is 2.43 bits per heavy atom. The molecule has 1 aliphatic heterocycles. The zero-order chi connectivity index (χ0) is 15.3. The largest absolute Gasteiger partial charge is 0.481 e. The van der Waals surface area contributed by atoms with Crippen LogP contribution < -0.4 is 5.32 Å². The van der Waals surface area contributed by atoms with Crippen LogP contribution in [0, 0.1) is 0 Å². The number of benzene rings is 1. The maximum Gasteiger partial charge on any atom is 0.305 e. The van der Waals surface area contributed by atoms with Crippen molar-refractivity contribution < 1.29 is 19.4 Å². The molecule has 2 N–H and O–H groups in total. The Morgan fingerprint density at radius 1 is 1.24 bits per heavy atom. The second-order valence-corrected chi connectivity index (χ2v) is 6.02. The Bertz CT molecular complexity index is 509. The van der Waals surface area contributed by atoms with Gasteiger partial charge in [0.2, 0.25) is 5.91 Å². The van der Waals surface area contributed by atoms with E-state index in [9.17, 15) is 9.59 Å². The topological polar surface area (TPSA) is 75.6 Å². The van der Waals surface area contributed by atoms with Crippen LogP contribution >= 0.6 is 15.9 Å². The normalized spacial score (nSPS) is 17.2. The lowest BCUT2D eigenvalue weighted by atomic mass is 9.73. The molecule has 1 amide bonds. The number of hydrogen-bond donors (Lipinski definition) is 2. The van der Waals surface area contributed by atoms with E-state index in [0.717, 1.165) is 10.0 Å². The number of carbonyl (C=O) groups is 2. The number of aliphatic carboxylic acids is 1. The zero-order valence-corrected chi connectivity index (χ0v) is 13.2. The van der Waals surface area contributed by atoms with Crippen LogP contribution in [0.5, 0.6) is 0 Å². The fourth-order valence-corrected chi connectivity index (χ4v) is 2.85. The van der Waals surface area contributed by atoms with Gasteiger partial charge >= 0.3 is 5.97 Å². The van der Waals surface area contributed by atoms with Crippen LogP contribution in [0.4, 0.5) is 0 Å². The van der Waals surface area contributed by atoms with Crippen molar-refractivity contribution in [1.29, 1.82) is 0 Å². The number of carbonyl (C=O) groups excluding carboxylic acids is 1. The van der Waals surface area contributed by atoms with Crippen LogP contribution in [0.1, 0.15) is 24.8 Å². The van der Waals surface area contributed by atoms with E-state index in [1.165, 1.54) is 0 Å².